The lowest BCUT2D eigenvalue weighted by Crippen LogP contribution is -2.51. The quantitative estimate of drug-likeness (QED) is 0.356. The first-order valence-corrected chi connectivity index (χ1v) is 12.7. The smallest absolute Gasteiger partial charge is 0.187 e. The van der Waals surface area contributed by atoms with Crippen LogP contribution in [0.3, 0.4) is 0 Å². The minimum atomic E-state index is 0.458. The largest absolute Gasteiger partial charge is 0.494 e. The van der Waals surface area contributed by atoms with E-state index in [1.807, 2.05) is 24.3 Å². The normalized spacial score (nSPS) is 24.3. The Morgan fingerprint density at radius 1 is 0.938 bits per heavy atom. The van der Waals surface area contributed by atoms with Gasteiger partial charge in [0, 0.05) is 12.0 Å². The molecule has 1 saturated heterocycles. The van der Waals surface area contributed by atoms with Crippen LogP contribution in [0, 0.1) is 18.4 Å². The summed E-state index contributed by atoms with van der Waals surface area (Å²) < 4.78 is 5.89. The van der Waals surface area contributed by atoms with Crippen molar-refractivity contribution in [1.82, 2.24) is 4.90 Å². The fraction of sp³-hybridized carbons (Fsp3) is 0.552. The summed E-state index contributed by atoms with van der Waals surface area (Å²) in [6, 6.07) is 16.9. The average Bonchev–Trinajstić information content (AvgIpc) is 2.82. The highest BCUT2D eigenvalue weighted by atomic mass is 16.5. The molecule has 1 atom stereocenters. The third-order valence-electron chi connectivity index (χ3n) is 8.56. The average molecular weight is 429 g/mol. The minimum absolute atomic E-state index is 0.458. The van der Waals surface area contributed by atoms with Gasteiger partial charge in [-0.05, 0) is 99.6 Å². The summed E-state index contributed by atoms with van der Waals surface area (Å²) >= 11 is 0. The highest BCUT2D eigenvalue weighted by molar-refractivity contribution is 5.47. The molecule has 32 heavy (non-hydrogen) atoms. The Balaban J connectivity index is 1.16. The standard InChI is InChI=1S/C29H36N2O/c1-30-26-12-14-27(15-13-26)32-22-6-19-31-20-16-25(17-21-31)29(24-9-4-10-24)18-5-8-23-7-2-3-11-28(23)29/h2-3,7,11-15,24-25H,4-6,8-10,16-22H2. The van der Waals surface area contributed by atoms with E-state index in [1.54, 1.807) is 11.1 Å². The van der Waals surface area contributed by atoms with E-state index in [-0.39, 0.29) is 0 Å². The number of ether oxygens (including phenoxy) is 1. The maximum atomic E-state index is 7.04. The summed E-state index contributed by atoms with van der Waals surface area (Å²) in [5.41, 5.74) is 4.50. The molecular weight excluding hydrogens is 392 g/mol. The van der Waals surface area contributed by atoms with E-state index in [4.69, 9.17) is 11.3 Å². The molecule has 0 amide bonds. The number of aryl methyl sites for hydroxylation is 1. The van der Waals surface area contributed by atoms with E-state index >= 15 is 0 Å². The van der Waals surface area contributed by atoms with Crippen LogP contribution in [0.5, 0.6) is 5.75 Å². The van der Waals surface area contributed by atoms with Crippen molar-refractivity contribution in [3.05, 3.63) is 71.1 Å². The zero-order chi connectivity index (χ0) is 21.8. The van der Waals surface area contributed by atoms with Crippen molar-refractivity contribution < 1.29 is 4.74 Å². The molecule has 3 aliphatic rings. The molecule has 0 N–H and O–H groups in total. The molecule has 2 aromatic carbocycles. The molecule has 1 unspecified atom stereocenters. The summed E-state index contributed by atoms with van der Waals surface area (Å²) in [4.78, 5) is 6.09. The van der Waals surface area contributed by atoms with Gasteiger partial charge in [0.05, 0.1) is 13.2 Å². The molecule has 1 heterocycles. The number of benzene rings is 2. The van der Waals surface area contributed by atoms with Gasteiger partial charge in [0.2, 0.25) is 0 Å². The van der Waals surface area contributed by atoms with Crippen LogP contribution >= 0.6 is 0 Å². The van der Waals surface area contributed by atoms with E-state index in [9.17, 15) is 0 Å². The highest BCUT2D eigenvalue weighted by Gasteiger charge is 2.50. The van der Waals surface area contributed by atoms with Gasteiger partial charge in [-0.25, -0.2) is 4.85 Å². The summed E-state index contributed by atoms with van der Waals surface area (Å²) in [7, 11) is 0. The number of hydrogen-bond donors (Lipinski definition) is 0. The molecule has 0 bridgehead atoms. The predicted molar refractivity (Wildman–Crippen MR) is 130 cm³/mol. The molecule has 3 heteroatoms. The van der Waals surface area contributed by atoms with Crippen LogP contribution in [0.4, 0.5) is 5.69 Å². The van der Waals surface area contributed by atoms with Gasteiger partial charge < -0.3 is 9.64 Å². The van der Waals surface area contributed by atoms with Crippen molar-refractivity contribution in [3.63, 3.8) is 0 Å². The van der Waals surface area contributed by atoms with Gasteiger partial charge in [0.15, 0.2) is 5.69 Å². The van der Waals surface area contributed by atoms with E-state index in [0.717, 1.165) is 37.2 Å². The topological polar surface area (TPSA) is 16.8 Å². The molecular formula is C29H36N2O. The van der Waals surface area contributed by atoms with Gasteiger partial charge in [-0.2, -0.15) is 0 Å². The Morgan fingerprint density at radius 3 is 2.41 bits per heavy atom. The van der Waals surface area contributed by atoms with Crippen molar-refractivity contribution in [3.8, 4) is 5.75 Å². The van der Waals surface area contributed by atoms with Crippen LogP contribution in [0.25, 0.3) is 4.85 Å². The zero-order valence-corrected chi connectivity index (χ0v) is 19.3. The fourth-order valence-electron chi connectivity index (χ4n) is 6.77. The third kappa shape index (κ3) is 4.18. The number of rotatable bonds is 7. The van der Waals surface area contributed by atoms with Gasteiger partial charge >= 0.3 is 0 Å². The fourth-order valence-corrected chi connectivity index (χ4v) is 6.77. The van der Waals surface area contributed by atoms with Crippen LogP contribution in [0.2, 0.25) is 0 Å². The number of likely N-dealkylation sites (tertiary alicyclic amines) is 1. The van der Waals surface area contributed by atoms with E-state index in [2.05, 4.69) is 34.0 Å². The molecule has 2 fully saturated rings. The second-order valence-corrected chi connectivity index (χ2v) is 10.1. The number of piperidine rings is 1. The number of fused-ring (bicyclic) bond motifs is 1. The second kappa shape index (κ2) is 9.67. The van der Waals surface area contributed by atoms with Gasteiger partial charge in [-0.3, -0.25) is 0 Å². The Labute approximate surface area is 193 Å². The predicted octanol–water partition coefficient (Wildman–Crippen LogP) is 6.79. The lowest BCUT2D eigenvalue weighted by Gasteiger charge is -2.55. The van der Waals surface area contributed by atoms with Crippen LogP contribution in [-0.4, -0.2) is 31.1 Å². The molecule has 5 rings (SSSR count). The summed E-state index contributed by atoms with van der Waals surface area (Å²) in [6.45, 7) is 11.4. The van der Waals surface area contributed by atoms with Crippen molar-refractivity contribution in [2.24, 2.45) is 11.8 Å². The molecule has 2 aromatic rings. The van der Waals surface area contributed by atoms with Crippen molar-refractivity contribution in [2.45, 2.75) is 63.2 Å². The minimum Gasteiger partial charge on any atom is -0.494 e. The van der Waals surface area contributed by atoms with E-state index in [1.165, 1.54) is 64.5 Å². The number of nitrogens with zero attached hydrogens (tertiary/aromatic N) is 2. The Kier molecular flexibility index (Phi) is 6.51. The van der Waals surface area contributed by atoms with Gasteiger partial charge in [-0.15, -0.1) is 0 Å². The molecule has 1 saturated carbocycles. The van der Waals surface area contributed by atoms with E-state index in [0.29, 0.717) is 11.1 Å². The van der Waals surface area contributed by atoms with Crippen LogP contribution in [0.15, 0.2) is 48.5 Å². The van der Waals surface area contributed by atoms with Crippen molar-refractivity contribution >= 4 is 5.69 Å². The molecule has 0 radical (unpaired) electrons. The first kappa shape index (κ1) is 21.5. The Morgan fingerprint density at radius 2 is 1.69 bits per heavy atom. The lowest BCUT2D eigenvalue weighted by molar-refractivity contribution is 0.0366. The lowest BCUT2D eigenvalue weighted by atomic mass is 9.50. The first-order valence-electron chi connectivity index (χ1n) is 12.7. The van der Waals surface area contributed by atoms with Crippen LogP contribution < -0.4 is 4.74 Å². The first-order chi connectivity index (χ1) is 15.8. The van der Waals surface area contributed by atoms with Gasteiger partial charge in [0.25, 0.3) is 0 Å². The zero-order valence-electron chi connectivity index (χ0n) is 19.3. The third-order valence-corrected chi connectivity index (χ3v) is 8.56. The summed E-state index contributed by atoms with van der Waals surface area (Å²) in [5, 5.41) is 0. The Bertz CT molecular complexity index is 934. The molecule has 168 valence electrons. The van der Waals surface area contributed by atoms with Crippen LogP contribution in [0.1, 0.15) is 62.5 Å². The Hall–Kier alpha value is -2.31. The van der Waals surface area contributed by atoms with Gasteiger partial charge in [-0.1, -0.05) is 42.8 Å². The molecule has 0 spiro atoms. The van der Waals surface area contributed by atoms with Crippen molar-refractivity contribution in [1.29, 1.82) is 0 Å². The van der Waals surface area contributed by atoms with Gasteiger partial charge in [0.1, 0.15) is 5.75 Å². The second-order valence-electron chi connectivity index (χ2n) is 10.1. The molecule has 3 nitrogen and oxygen atoms in total. The summed E-state index contributed by atoms with van der Waals surface area (Å²) in [6.07, 6.45) is 12.2. The summed E-state index contributed by atoms with van der Waals surface area (Å²) in [5.74, 6) is 2.64. The van der Waals surface area contributed by atoms with Crippen LogP contribution in [-0.2, 0) is 11.8 Å². The number of hydrogen-bond acceptors (Lipinski definition) is 2. The SMILES string of the molecule is [C-]#[N+]c1ccc(OCCCN2CCC(C3(C4CCC4)CCCc4ccccc43)CC2)cc1. The molecule has 1 aliphatic heterocycles. The maximum Gasteiger partial charge on any atom is 0.187 e. The van der Waals surface area contributed by atoms with E-state index < -0.39 is 0 Å². The molecule has 0 aromatic heterocycles. The monoisotopic (exact) mass is 428 g/mol. The highest BCUT2D eigenvalue weighted by Crippen LogP contribution is 2.56. The maximum absolute atomic E-state index is 7.04. The molecule has 2 aliphatic carbocycles. The van der Waals surface area contributed by atoms with Crippen molar-refractivity contribution in [2.75, 3.05) is 26.2 Å².